The Bertz CT molecular complexity index is 1220. The summed E-state index contributed by atoms with van der Waals surface area (Å²) in [7, 11) is 0. The molecule has 0 spiro atoms. The first-order valence-corrected chi connectivity index (χ1v) is 9.58. The van der Waals surface area contributed by atoms with Crippen LogP contribution in [0.5, 0.6) is 0 Å². The molecule has 2 aromatic heterocycles. The third-order valence-corrected chi connectivity index (χ3v) is 6.06. The monoisotopic (exact) mass is 369 g/mol. The van der Waals surface area contributed by atoms with Crippen molar-refractivity contribution in [3.63, 3.8) is 0 Å². The topological polar surface area (TPSA) is 50.2 Å². The lowest BCUT2D eigenvalue weighted by molar-refractivity contribution is 0.0695. The van der Waals surface area contributed by atoms with Crippen LogP contribution in [-0.4, -0.2) is 16.1 Å². The van der Waals surface area contributed by atoms with Gasteiger partial charge in [0.05, 0.1) is 11.3 Å². The maximum Gasteiger partial charge on any atom is 0.336 e. The molecular formula is C23H15NO2S. The third-order valence-electron chi connectivity index (χ3n) is 5.03. The molecule has 130 valence electrons. The molecule has 0 unspecified atom stereocenters. The average molecular weight is 369 g/mol. The normalized spacial score (nSPS) is 12.8. The van der Waals surface area contributed by atoms with Gasteiger partial charge in [0, 0.05) is 22.7 Å². The molecule has 0 atom stereocenters. The molecule has 1 N–H and O–H groups in total. The Morgan fingerprint density at radius 1 is 1.00 bits per heavy atom. The van der Waals surface area contributed by atoms with Crippen LogP contribution < -0.4 is 0 Å². The Balaban J connectivity index is 1.62. The molecule has 0 bridgehead atoms. The Labute approximate surface area is 160 Å². The second kappa shape index (κ2) is 6.18. The van der Waals surface area contributed by atoms with Crippen molar-refractivity contribution in [3.8, 4) is 11.1 Å². The van der Waals surface area contributed by atoms with Gasteiger partial charge in [-0.25, -0.2) is 4.79 Å². The number of carboxylic acids is 1. The number of nitrogens with zero attached hydrogens (tertiary/aromatic N) is 1. The molecule has 4 aromatic rings. The Morgan fingerprint density at radius 2 is 1.85 bits per heavy atom. The number of aromatic carboxylic acids is 1. The maximum absolute atomic E-state index is 11.5. The fourth-order valence-corrected chi connectivity index (χ4v) is 4.88. The molecule has 2 aromatic carbocycles. The number of carboxylic acid groups (broad SMARTS) is 1. The first-order chi connectivity index (χ1) is 13.2. The number of pyridine rings is 1. The quantitative estimate of drug-likeness (QED) is 0.500. The zero-order valence-corrected chi connectivity index (χ0v) is 15.2. The average Bonchev–Trinajstić information content (AvgIpc) is 3.31. The van der Waals surface area contributed by atoms with Gasteiger partial charge in [-0.05, 0) is 45.3 Å². The zero-order valence-electron chi connectivity index (χ0n) is 14.3. The minimum Gasteiger partial charge on any atom is -0.478 e. The standard InChI is InChI=1S/C23H15NO2S/c25-23(26)18-9-10-24-21-12-15(11-19(18)21)20-13-27-22-16(7-4-8-17(20)22)14-5-2-1-3-6-14/h1-10,12-13H,11H2,(H,25,26). The van der Waals surface area contributed by atoms with E-state index in [1.807, 2.05) is 12.1 Å². The summed E-state index contributed by atoms with van der Waals surface area (Å²) in [5.41, 5.74) is 6.64. The number of hydrogen-bond donors (Lipinski definition) is 1. The first-order valence-electron chi connectivity index (χ1n) is 8.70. The van der Waals surface area contributed by atoms with Crippen molar-refractivity contribution in [2.45, 2.75) is 6.42 Å². The van der Waals surface area contributed by atoms with Gasteiger partial charge in [-0.15, -0.1) is 11.3 Å². The zero-order chi connectivity index (χ0) is 18.4. The van der Waals surface area contributed by atoms with Gasteiger partial charge in [-0.2, -0.15) is 0 Å². The highest BCUT2D eigenvalue weighted by Crippen LogP contribution is 2.41. The van der Waals surface area contributed by atoms with E-state index in [0.29, 0.717) is 12.0 Å². The number of carbonyl (C=O) groups is 1. The van der Waals surface area contributed by atoms with Gasteiger partial charge in [0.25, 0.3) is 0 Å². The summed E-state index contributed by atoms with van der Waals surface area (Å²) in [5.74, 6) is -0.898. The number of aromatic nitrogens is 1. The summed E-state index contributed by atoms with van der Waals surface area (Å²) in [5, 5.41) is 12.8. The molecule has 0 radical (unpaired) electrons. The van der Waals surface area contributed by atoms with Crippen molar-refractivity contribution in [2.75, 3.05) is 0 Å². The maximum atomic E-state index is 11.5. The first kappa shape index (κ1) is 16.0. The number of benzene rings is 2. The van der Waals surface area contributed by atoms with E-state index in [4.69, 9.17) is 0 Å². The third kappa shape index (κ3) is 2.57. The van der Waals surface area contributed by atoms with E-state index >= 15 is 0 Å². The van der Waals surface area contributed by atoms with Gasteiger partial charge in [0.15, 0.2) is 0 Å². The summed E-state index contributed by atoms with van der Waals surface area (Å²) in [6.45, 7) is 0. The minimum absolute atomic E-state index is 0.343. The van der Waals surface area contributed by atoms with Gasteiger partial charge in [0.2, 0.25) is 0 Å². The number of rotatable bonds is 3. The lowest BCUT2D eigenvalue weighted by Gasteiger charge is -2.06. The summed E-state index contributed by atoms with van der Waals surface area (Å²) < 4.78 is 1.25. The molecule has 3 nitrogen and oxygen atoms in total. The van der Waals surface area contributed by atoms with E-state index in [1.165, 1.54) is 26.8 Å². The Morgan fingerprint density at radius 3 is 2.67 bits per heavy atom. The summed E-state index contributed by atoms with van der Waals surface area (Å²) in [6.07, 6.45) is 4.20. The van der Waals surface area contributed by atoms with E-state index in [9.17, 15) is 9.90 Å². The summed E-state index contributed by atoms with van der Waals surface area (Å²) >= 11 is 1.73. The number of hydrogen-bond acceptors (Lipinski definition) is 3. The highest BCUT2D eigenvalue weighted by molar-refractivity contribution is 7.18. The minimum atomic E-state index is -0.898. The van der Waals surface area contributed by atoms with Crippen LogP contribution in [0.25, 0.3) is 32.9 Å². The van der Waals surface area contributed by atoms with Crippen LogP contribution in [0, 0.1) is 0 Å². The predicted octanol–water partition coefficient (Wildman–Crippen LogP) is 5.76. The van der Waals surface area contributed by atoms with Crippen LogP contribution in [-0.2, 0) is 6.42 Å². The van der Waals surface area contributed by atoms with E-state index in [-0.39, 0.29) is 0 Å². The molecule has 0 aliphatic heterocycles. The van der Waals surface area contributed by atoms with Crippen molar-refractivity contribution in [3.05, 3.63) is 88.6 Å². The molecule has 27 heavy (non-hydrogen) atoms. The van der Waals surface area contributed by atoms with Crippen LogP contribution in [0.4, 0.5) is 0 Å². The Hall–Kier alpha value is -3.24. The molecule has 0 fully saturated rings. The van der Waals surface area contributed by atoms with Crippen LogP contribution in [0.3, 0.4) is 0 Å². The molecule has 0 amide bonds. The van der Waals surface area contributed by atoms with Crippen LogP contribution in [0.1, 0.15) is 27.2 Å². The van der Waals surface area contributed by atoms with Crippen molar-refractivity contribution in [1.82, 2.24) is 4.98 Å². The number of fused-ring (bicyclic) bond motifs is 2. The van der Waals surface area contributed by atoms with E-state index in [2.05, 4.69) is 52.8 Å². The molecule has 0 saturated heterocycles. The number of allylic oxidation sites excluding steroid dienone is 1. The van der Waals surface area contributed by atoms with Crippen LogP contribution in [0.15, 0.2) is 66.2 Å². The highest BCUT2D eigenvalue weighted by Gasteiger charge is 2.23. The van der Waals surface area contributed by atoms with Crippen LogP contribution in [0.2, 0.25) is 0 Å². The van der Waals surface area contributed by atoms with Gasteiger partial charge < -0.3 is 5.11 Å². The molecule has 2 heterocycles. The molecule has 1 aliphatic carbocycles. The van der Waals surface area contributed by atoms with Gasteiger partial charge in [-0.3, -0.25) is 4.98 Å². The van der Waals surface area contributed by atoms with E-state index < -0.39 is 5.97 Å². The van der Waals surface area contributed by atoms with Gasteiger partial charge >= 0.3 is 5.97 Å². The second-order valence-electron chi connectivity index (χ2n) is 6.57. The van der Waals surface area contributed by atoms with E-state index in [0.717, 1.165) is 16.8 Å². The summed E-state index contributed by atoms with van der Waals surface area (Å²) in [6, 6.07) is 18.3. The van der Waals surface area contributed by atoms with Crippen molar-refractivity contribution >= 4 is 39.0 Å². The smallest absolute Gasteiger partial charge is 0.336 e. The summed E-state index contributed by atoms with van der Waals surface area (Å²) in [4.78, 5) is 15.9. The molecule has 1 aliphatic rings. The SMILES string of the molecule is O=C(O)c1ccnc2c1CC(c1csc3c(-c4ccccc4)cccc13)=C2. The van der Waals surface area contributed by atoms with Crippen LogP contribution >= 0.6 is 11.3 Å². The number of thiophene rings is 1. The fraction of sp³-hybridized carbons (Fsp3) is 0.0435. The van der Waals surface area contributed by atoms with Crippen molar-refractivity contribution in [1.29, 1.82) is 0 Å². The largest absolute Gasteiger partial charge is 0.478 e. The molecule has 4 heteroatoms. The van der Waals surface area contributed by atoms with Gasteiger partial charge in [0.1, 0.15) is 0 Å². The van der Waals surface area contributed by atoms with E-state index in [1.54, 1.807) is 23.6 Å². The molecular weight excluding hydrogens is 354 g/mol. The predicted molar refractivity (Wildman–Crippen MR) is 110 cm³/mol. The van der Waals surface area contributed by atoms with Crippen molar-refractivity contribution in [2.24, 2.45) is 0 Å². The molecule has 0 saturated carbocycles. The lowest BCUT2D eigenvalue weighted by atomic mass is 9.98. The van der Waals surface area contributed by atoms with Gasteiger partial charge in [-0.1, -0.05) is 48.5 Å². The highest BCUT2D eigenvalue weighted by atomic mass is 32.1. The fourth-order valence-electron chi connectivity index (χ4n) is 3.75. The van der Waals surface area contributed by atoms with Crippen molar-refractivity contribution < 1.29 is 9.90 Å². The lowest BCUT2D eigenvalue weighted by Crippen LogP contribution is -2.03. The Kier molecular flexibility index (Phi) is 3.66. The second-order valence-corrected chi connectivity index (χ2v) is 7.45. The molecule has 5 rings (SSSR count).